The number of nitrogens with one attached hydrogen (secondary N) is 1. The molecule has 0 spiro atoms. The van der Waals surface area contributed by atoms with Crippen molar-refractivity contribution in [2.75, 3.05) is 13.1 Å². The van der Waals surface area contributed by atoms with Gasteiger partial charge >= 0.3 is 0 Å². The first kappa shape index (κ1) is 5.69. The summed E-state index contributed by atoms with van der Waals surface area (Å²) in [6.45, 7) is 2.44. The fourth-order valence-electron chi connectivity index (χ4n) is 2.21. The largest absolute Gasteiger partial charge is 0.328 e. The van der Waals surface area contributed by atoms with Crippen LogP contribution in [0.5, 0.6) is 0 Å². The van der Waals surface area contributed by atoms with Crippen LogP contribution in [-0.2, 0) is 0 Å². The maximum atomic E-state index is 5.80. The molecule has 2 aliphatic rings. The Morgan fingerprint density at radius 1 is 1.11 bits per heavy atom. The summed E-state index contributed by atoms with van der Waals surface area (Å²) < 4.78 is 0. The van der Waals surface area contributed by atoms with Crippen LogP contribution in [0.1, 0.15) is 12.8 Å². The van der Waals surface area contributed by atoms with Crippen LogP contribution in [0.2, 0.25) is 0 Å². The predicted octanol–water partition coefficient (Wildman–Crippen LogP) is -0.0569. The van der Waals surface area contributed by atoms with E-state index in [9.17, 15) is 0 Å². The summed E-state index contributed by atoms with van der Waals surface area (Å²) in [4.78, 5) is 0. The minimum Gasteiger partial charge on any atom is -0.328 e. The lowest BCUT2D eigenvalue weighted by Crippen LogP contribution is -2.20. The normalized spacial score (nSPS) is 49.7. The van der Waals surface area contributed by atoms with Crippen molar-refractivity contribution in [2.24, 2.45) is 17.6 Å². The van der Waals surface area contributed by atoms with E-state index in [-0.39, 0.29) is 0 Å². The van der Waals surface area contributed by atoms with E-state index >= 15 is 0 Å². The smallest absolute Gasteiger partial charge is 0.00452 e. The first-order chi connectivity index (χ1) is 4.36. The van der Waals surface area contributed by atoms with Crippen molar-refractivity contribution in [1.29, 1.82) is 0 Å². The molecule has 0 radical (unpaired) electrons. The molecule has 0 aromatic heterocycles. The molecule has 52 valence electrons. The Hall–Kier alpha value is -0.0800. The average molecular weight is 126 g/mol. The Kier molecular flexibility index (Phi) is 1.24. The van der Waals surface area contributed by atoms with Gasteiger partial charge in [0.2, 0.25) is 0 Å². The highest BCUT2D eigenvalue weighted by Gasteiger charge is 2.35. The lowest BCUT2D eigenvalue weighted by molar-refractivity contribution is 0.494. The van der Waals surface area contributed by atoms with Gasteiger partial charge in [-0.3, -0.25) is 0 Å². The molecule has 2 fully saturated rings. The van der Waals surface area contributed by atoms with Gasteiger partial charge in [0, 0.05) is 6.04 Å². The van der Waals surface area contributed by atoms with Crippen molar-refractivity contribution in [3.8, 4) is 0 Å². The summed E-state index contributed by atoms with van der Waals surface area (Å²) in [5.41, 5.74) is 5.80. The van der Waals surface area contributed by atoms with Crippen LogP contribution in [0.15, 0.2) is 0 Å². The number of hydrogen-bond donors (Lipinski definition) is 2. The Labute approximate surface area is 55.8 Å². The topological polar surface area (TPSA) is 38.0 Å². The standard InChI is InChI=1S/C7H14N2/c8-7-1-5-3-9-4-6(5)2-7/h5-7,9H,1-4,8H2/t5-,6+,7+. The van der Waals surface area contributed by atoms with Crippen molar-refractivity contribution in [3.05, 3.63) is 0 Å². The van der Waals surface area contributed by atoms with Crippen LogP contribution in [0.4, 0.5) is 0 Å². The van der Waals surface area contributed by atoms with Crippen LogP contribution in [0, 0.1) is 11.8 Å². The molecule has 0 unspecified atom stereocenters. The first-order valence-electron chi connectivity index (χ1n) is 3.82. The molecule has 0 aromatic rings. The van der Waals surface area contributed by atoms with Crippen molar-refractivity contribution in [3.63, 3.8) is 0 Å². The highest BCUT2D eigenvalue weighted by Crippen LogP contribution is 2.32. The Morgan fingerprint density at radius 3 is 2.22 bits per heavy atom. The Bertz CT molecular complexity index is 101. The van der Waals surface area contributed by atoms with Crippen molar-refractivity contribution in [1.82, 2.24) is 5.32 Å². The van der Waals surface area contributed by atoms with E-state index in [0.29, 0.717) is 6.04 Å². The molecule has 0 amide bonds. The summed E-state index contributed by atoms with van der Waals surface area (Å²) in [7, 11) is 0. The van der Waals surface area contributed by atoms with Crippen LogP contribution >= 0.6 is 0 Å². The molecule has 2 nitrogen and oxygen atoms in total. The molecule has 1 aliphatic heterocycles. The zero-order valence-electron chi connectivity index (χ0n) is 5.64. The second-order valence-corrected chi connectivity index (χ2v) is 3.41. The van der Waals surface area contributed by atoms with Crippen LogP contribution in [0.25, 0.3) is 0 Å². The molecule has 1 aliphatic carbocycles. The van der Waals surface area contributed by atoms with Gasteiger partial charge < -0.3 is 11.1 Å². The van der Waals surface area contributed by atoms with Crippen LogP contribution in [0.3, 0.4) is 0 Å². The van der Waals surface area contributed by atoms with E-state index in [4.69, 9.17) is 5.73 Å². The van der Waals surface area contributed by atoms with E-state index in [1.807, 2.05) is 0 Å². The van der Waals surface area contributed by atoms with E-state index < -0.39 is 0 Å². The molecule has 0 aromatic carbocycles. The zero-order valence-corrected chi connectivity index (χ0v) is 5.64. The second-order valence-electron chi connectivity index (χ2n) is 3.41. The summed E-state index contributed by atoms with van der Waals surface area (Å²) in [6.07, 6.45) is 2.52. The van der Waals surface area contributed by atoms with Gasteiger partial charge in [-0.15, -0.1) is 0 Å². The molecule has 9 heavy (non-hydrogen) atoms. The predicted molar refractivity (Wildman–Crippen MR) is 37.1 cm³/mol. The highest BCUT2D eigenvalue weighted by molar-refractivity contribution is 4.91. The third-order valence-corrected chi connectivity index (χ3v) is 2.69. The maximum absolute atomic E-state index is 5.80. The lowest BCUT2D eigenvalue weighted by Gasteiger charge is -2.02. The SMILES string of the molecule is N[C@@H]1C[C@H]2CNC[C@H]2C1. The Morgan fingerprint density at radius 2 is 1.67 bits per heavy atom. The van der Waals surface area contributed by atoms with Gasteiger partial charge in [0.15, 0.2) is 0 Å². The van der Waals surface area contributed by atoms with Gasteiger partial charge in [0.25, 0.3) is 0 Å². The molecule has 2 rings (SSSR count). The quantitative estimate of drug-likeness (QED) is 0.477. The number of hydrogen-bond acceptors (Lipinski definition) is 2. The van der Waals surface area contributed by atoms with Crippen LogP contribution in [-0.4, -0.2) is 19.1 Å². The molecule has 3 atom stereocenters. The lowest BCUT2D eigenvalue weighted by atomic mass is 10.0. The van der Waals surface area contributed by atoms with Gasteiger partial charge in [-0.2, -0.15) is 0 Å². The third kappa shape index (κ3) is 0.864. The molecule has 1 heterocycles. The molecular weight excluding hydrogens is 112 g/mol. The van der Waals surface area contributed by atoms with Crippen molar-refractivity contribution < 1.29 is 0 Å². The fraction of sp³-hybridized carbons (Fsp3) is 1.00. The minimum atomic E-state index is 0.516. The van der Waals surface area contributed by atoms with Gasteiger partial charge in [-0.05, 0) is 37.8 Å². The van der Waals surface area contributed by atoms with E-state index in [1.165, 1.54) is 25.9 Å². The molecule has 3 N–H and O–H groups in total. The van der Waals surface area contributed by atoms with Crippen molar-refractivity contribution in [2.45, 2.75) is 18.9 Å². The summed E-state index contributed by atoms with van der Waals surface area (Å²) in [5, 5.41) is 3.39. The Balaban J connectivity index is 2.02. The number of nitrogens with two attached hydrogens (primary N) is 1. The average Bonchev–Trinajstić information content (AvgIpc) is 2.22. The maximum Gasteiger partial charge on any atom is 0.00452 e. The summed E-state index contributed by atoms with van der Waals surface area (Å²) >= 11 is 0. The molecule has 1 saturated carbocycles. The molecule has 2 heteroatoms. The zero-order chi connectivity index (χ0) is 6.27. The monoisotopic (exact) mass is 126 g/mol. The van der Waals surface area contributed by atoms with Crippen molar-refractivity contribution >= 4 is 0 Å². The van der Waals surface area contributed by atoms with E-state index in [2.05, 4.69) is 5.32 Å². The summed E-state index contributed by atoms with van der Waals surface area (Å²) in [5.74, 6) is 1.83. The van der Waals surface area contributed by atoms with E-state index in [1.54, 1.807) is 0 Å². The summed E-state index contributed by atoms with van der Waals surface area (Å²) in [6, 6.07) is 0.516. The number of rotatable bonds is 0. The second kappa shape index (κ2) is 1.96. The van der Waals surface area contributed by atoms with Gasteiger partial charge in [-0.1, -0.05) is 0 Å². The van der Waals surface area contributed by atoms with Gasteiger partial charge in [0.05, 0.1) is 0 Å². The fourth-order valence-corrected chi connectivity index (χ4v) is 2.21. The molecule has 0 bridgehead atoms. The molecule has 1 saturated heterocycles. The third-order valence-electron chi connectivity index (χ3n) is 2.69. The highest BCUT2D eigenvalue weighted by atomic mass is 14.9. The minimum absolute atomic E-state index is 0.516. The molecular formula is C7H14N2. The van der Waals surface area contributed by atoms with Gasteiger partial charge in [0.1, 0.15) is 0 Å². The van der Waals surface area contributed by atoms with E-state index in [0.717, 1.165) is 11.8 Å². The van der Waals surface area contributed by atoms with Gasteiger partial charge in [-0.25, -0.2) is 0 Å². The first-order valence-corrected chi connectivity index (χ1v) is 3.82. The number of fused-ring (bicyclic) bond motifs is 1. The van der Waals surface area contributed by atoms with Crippen LogP contribution < -0.4 is 11.1 Å².